The molecule has 0 saturated carbocycles. The van der Waals surface area contributed by atoms with Crippen LogP contribution < -0.4 is 10.5 Å². The smallest absolute Gasteiger partial charge is 0.406 e. The molecule has 0 atom stereocenters. The van der Waals surface area contributed by atoms with Crippen LogP contribution in [0, 0.1) is 0 Å². The highest BCUT2D eigenvalue weighted by Crippen LogP contribution is 2.27. The van der Waals surface area contributed by atoms with Crippen molar-refractivity contribution in [3.63, 3.8) is 0 Å². The monoisotopic (exact) mass is 334 g/mol. The molecule has 1 aromatic heterocycles. The molecule has 0 saturated heterocycles. The molecule has 3 rings (SSSR count). The Kier molecular flexibility index (Phi) is 3.92. The zero-order valence-electron chi connectivity index (χ0n) is 12.4. The number of amides is 1. The van der Waals surface area contributed by atoms with Gasteiger partial charge in [0.25, 0.3) is 0 Å². The van der Waals surface area contributed by atoms with Crippen molar-refractivity contribution in [3.8, 4) is 5.75 Å². The van der Waals surface area contributed by atoms with Crippen LogP contribution in [0.15, 0.2) is 48.8 Å². The van der Waals surface area contributed by atoms with E-state index in [9.17, 15) is 18.0 Å². The van der Waals surface area contributed by atoms with Crippen molar-refractivity contribution in [2.45, 2.75) is 12.8 Å². The number of hydrogen-bond donors (Lipinski definition) is 2. The Balaban J connectivity index is 1.97. The highest BCUT2D eigenvalue weighted by molar-refractivity contribution is 5.94. The number of nitrogens with one attached hydrogen (secondary N) is 1. The molecule has 3 N–H and O–H groups in total. The molecule has 24 heavy (non-hydrogen) atoms. The summed E-state index contributed by atoms with van der Waals surface area (Å²) in [7, 11) is 0. The summed E-state index contributed by atoms with van der Waals surface area (Å²) < 4.78 is 41.1. The number of carbonyl (C=O) groups excluding carboxylic acids is 1. The van der Waals surface area contributed by atoms with Gasteiger partial charge in [-0.05, 0) is 52.6 Å². The van der Waals surface area contributed by atoms with Crippen molar-refractivity contribution in [2.24, 2.45) is 5.73 Å². The minimum Gasteiger partial charge on any atom is -0.406 e. The third kappa shape index (κ3) is 3.51. The Morgan fingerprint density at radius 1 is 1.08 bits per heavy atom. The van der Waals surface area contributed by atoms with Gasteiger partial charge in [0.15, 0.2) is 0 Å². The molecule has 0 bridgehead atoms. The Bertz CT molecular complexity index is 900. The molecule has 1 heterocycles. The highest BCUT2D eigenvalue weighted by atomic mass is 19.4. The molecule has 1 amide bonds. The second kappa shape index (κ2) is 5.92. The van der Waals surface area contributed by atoms with Gasteiger partial charge in [0, 0.05) is 18.0 Å². The third-order valence-corrected chi connectivity index (χ3v) is 3.60. The fraction of sp³-hybridized carbons (Fsp3) is 0.118. The fourth-order valence-corrected chi connectivity index (χ4v) is 2.59. The number of aromatic amines is 1. The van der Waals surface area contributed by atoms with Crippen LogP contribution >= 0.6 is 0 Å². The van der Waals surface area contributed by atoms with Crippen molar-refractivity contribution in [3.05, 3.63) is 65.5 Å². The molecule has 3 aromatic rings. The zero-order chi connectivity index (χ0) is 17.3. The largest absolute Gasteiger partial charge is 0.573 e. The fourth-order valence-electron chi connectivity index (χ4n) is 2.59. The summed E-state index contributed by atoms with van der Waals surface area (Å²) in [5, 5.41) is 1.99. The maximum Gasteiger partial charge on any atom is 0.573 e. The van der Waals surface area contributed by atoms with Crippen molar-refractivity contribution in [1.29, 1.82) is 0 Å². The van der Waals surface area contributed by atoms with Crippen LogP contribution in [0.25, 0.3) is 10.8 Å². The number of ether oxygens (including phenoxy) is 1. The van der Waals surface area contributed by atoms with Gasteiger partial charge in [0.1, 0.15) is 5.75 Å². The van der Waals surface area contributed by atoms with E-state index in [1.54, 1.807) is 0 Å². The van der Waals surface area contributed by atoms with E-state index in [-0.39, 0.29) is 17.7 Å². The minimum atomic E-state index is -4.80. The zero-order valence-corrected chi connectivity index (χ0v) is 12.4. The number of primary amides is 1. The molecule has 0 aliphatic carbocycles. The average molecular weight is 334 g/mol. The second-order valence-electron chi connectivity index (χ2n) is 5.33. The predicted molar refractivity (Wildman–Crippen MR) is 82.7 cm³/mol. The molecular weight excluding hydrogens is 321 g/mol. The number of rotatable bonds is 4. The van der Waals surface area contributed by atoms with Gasteiger partial charge in [-0.2, -0.15) is 0 Å². The van der Waals surface area contributed by atoms with Crippen LogP contribution in [0.2, 0.25) is 0 Å². The Morgan fingerprint density at radius 2 is 1.83 bits per heavy atom. The van der Waals surface area contributed by atoms with Crippen molar-refractivity contribution >= 4 is 16.7 Å². The molecule has 124 valence electrons. The minimum absolute atomic E-state index is 0.165. The predicted octanol–water partition coefficient (Wildman–Crippen LogP) is 3.76. The Morgan fingerprint density at radius 3 is 2.54 bits per heavy atom. The molecule has 2 aromatic carbocycles. The lowest BCUT2D eigenvalue weighted by Crippen LogP contribution is -2.18. The van der Waals surface area contributed by atoms with E-state index >= 15 is 0 Å². The van der Waals surface area contributed by atoms with Gasteiger partial charge in [-0.25, -0.2) is 0 Å². The first kappa shape index (κ1) is 15.9. The van der Waals surface area contributed by atoms with Crippen LogP contribution in [0.1, 0.15) is 21.5 Å². The molecule has 0 fully saturated rings. The number of aromatic nitrogens is 1. The van der Waals surface area contributed by atoms with Crippen LogP contribution in [-0.4, -0.2) is 17.3 Å². The van der Waals surface area contributed by atoms with Gasteiger partial charge in [0.2, 0.25) is 5.91 Å². The molecule has 0 aliphatic rings. The van der Waals surface area contributed by atoms with Crippen LogP contribution in [-0.2, 0) is 6.42 Å². The lowest BCUT2D eigenvalue weighted by molar-refractivity contribution is -0.274. The number of alkyl halides is 3. The van der Waals surface area contributed by atoms with Gasteiger partial charge >= 0.3 is 6.36 Å². The van der Waals surface area contributed by atoms with Gasteiger partial charge in [-0.1, -0.05) is 12.1 Å². The Labute approximate surface area is 135 Å². The molecule has 0 unspecified atom stereocenters. The summed E-state index contributed by atoms with van der Waals surface area (Å²) in [6, 6.07) is 9.14. The Hall–Kier alpha value is -2.96. The first-order valence-corrected chi connectivity index (χ1v) is 7.06. The maximum atomic E-state index is 12.4. The lowest BCUT2D eigenvalue weighted by Gasteiger charge is -2.12. The summed E-state index contributed by atoms with van der Waals surface area (Å²) in [4.78, 5) is 14.5. The standard InChI is InChI=1S/C17H13F3N2O2/c18-17(19,20)24-14-3-4-15(16(21)23)12(7-14)5-10-1-2-11-8-22-9-13(11)6-10/h1-4,6-9,22H,5H2,(H2,21,23). The first-order chi connectivity index (χ1) is 11.3. The van der Waals surface area contributed by atoms with E-state index in [2.05, 4.69) is 9.72 Å². The third-order valence-electron chi connectivity index (χ3n) is 3.60. The van der Waals surface area contributed by atoms with E-state index in [0.717, 1.165) is 22.4 Å². The maximum absolute atomic E-state index is 12.4. The van der Waals surface area contributed by atoms with E-state index in [1.807, 2.05) is 30.6 Å². The molecule has 7 heteroatoms. The van der Waals surface area contributed by atoms with Gasteiger partial charge in [-0.3, -0.25) is 4.79 Å². The van der Waals surface area contributed by atoms with Crippen molar-refractivity contribution < 1.29 is 22.7 Å². The number of benzene rings is 2. The number of carbonyl (C=O) groups is 1. The average Bonchev–Trinajstić information content (AvgIpc) is 2.93. The van der Waals surface area contributed by atoms with E-state index in [1.165, 1.54) is 12.1 Å². The molecule has 0 spiro atoms. The quantitative estimate of drug-likeness (QED) is 0.763. The number of nitrogens with two attached hydrogens (primary N) is 1. The normalized spacial score (nSPS) is 11.6. The summed E-state index contributed by atoms with van der Waals surface area (Å²) >= 11 is 0. The van der Waals surface area contributed by atoms with Crippen LogP contribution in [0.4, 0.5) is 13.2 Å². The summed E-state index contributed by atoms with van der Waals surface area (Å²) in [5.41, 5.74) is 6.69. The molecule has 4 nitrogen and oxygen atoms in total. The van der Waals surface area contributed by atoms with Crippen molar-refractivity contribution in [1.82, 2.24) is 4.98 Å². The van der Waals surface area contributed by atoms with Gasteiger partial charge in [0.05, 0.1) is 0 Å². The number of H-pyrrole nitrogens is 1. The summed E-state index contributed by atoms with van der Waals surface area (Å²) in [6.07, 6.45) is -0.882. The number of fused-ring (bicyclic) bond motifs is 1. The van der Waals surface area contributed by atoms with Gasteiger partial charge in [-0.15, -0.1) is 13.2 Å². The topological polar surface area (TPSA) is 68.1 Å². The first-order valence-electron chi connectivity index (χ1n) is 7.06. The summed E-state index contributed by atoms with van der Waals surface area (Å²) in [5.74, 6) is -1.09. The second-order valence-corrected chi connectivity index (χ2v) is 5.33. The van der Waals surface area contributed by atoms with E-state index < -0.39 is 12.3 Å². The molecule has 0 aliphatic heterocycles. The number of halogens is 3. The van der Waals surface area contributed by atoms with Gasteiger partial charge < -0.3 is 15.5 Å². The molecular formula is C17H13F3N2O2. The number of hydrogen-bond acceptors (Lipinski definition) is 2. The SMILES string of the molecule is NC(=O)c1ccc(OC(F)(F)F)cc1Cc1ccc2c[nH]cc2c1. The van der Waals surface area contributed by atoms with Crippen LogP contribution in [0.5, 0.6) is 5.75 Å². The summed E-state index contributed by atoms with van der Waals surface area (Å²) in [6.45, 7) is 0. The van der Waals surface area contributed by atoms with Crippen LogP contribution in [0.3, 0.4) is 0 Å². The van der Waals surface area contributed by atoms with E-state index in [4.69, 9.17) is 5.73 Å². The van der Waals surface area contributed by atoms with E-state index in [0.29, 0.717) is 5.56 Å². The lowest BCUT2D eigenvalue weighted by atomic mass is 9.98. The van der Waals surface area contributed by atoms with Crippen molar-refractivity contribution in [2.75, 3.05) is 0 Å². The molecule has 0 radical (unpaired) electrons. The highest BCUT2D eigenvalue weighted by Gasteiger charge is 2.31.